The highest BCUT2D eigenvalue weighted by molar-refractivity contribution is 5.26. The van der Waals surface area contributed by atoms with Gasteiger partial charge >= 0.3 is 0 Å². The molecule has 1 N–H and O–H groups in total. The third-order valence-corrected chi connectivity index (χ3v) is 3.63. The van der Waals surface area contributed by atoms with Crippen molar-refractivity contribution in [2.75, 3.05) is 0 Å². The summed E-state index contributed by atoms with van der Waals surface area (Å²) in [5.41, 5.74) is 4.46. The van der Waals surface area contributed by atoms with Crippen molar-refractivity contribution in [3.63, 3.8) is 0 Å². The van der Waals surface area contributed by atoms with Crippen LogP contribution in [0.25, 0.3) is 0 Å². The summed E-state index contributed by atoms with van der Waals surface area (Å²) in [6.07, 6.45) is 2.45. The van der Waals surface area contributed by atoms with E-state index in [1.54, 1.807) is 0 Å². The van der Waals surface area contributed by atoms with E-state index in [9.17, 15) is 0 Å². The summed E-state index contributed by atoms with van der Waals surface area (Å²) in [5.74, 6) is 0. The molecule has 0 spiro atoms. The van der Waals surface area contributed by atoms with Crippen molar-refractivity contribution >= 4 is 0 Å². The monoisotopic (exact) mass is 236 g/mol. The first-order valence-electron chi connectivity index (χ1n) is 6.82. The maximum atomic E-state index is 3.67. The van der Waals surface area contributed by atoms with E-state index in [4.69, 9.17) is 0 Å². The Balaban J connectivity index is 2.70. The van der Waals surface area contributed by atoms with Crippen molar-refractivity contribution in [3.05, 3.63) is 23.0 Å². The quantitative estimate of drug-likeness (QED) is 0.795. The molecule has 1 rings (SSSR count). The lowest BCUT2D eigenvalue weighted by atomic mass is 9.98. The molecule has 17 heavy (non-hydrogen) atoms. The number of hydrogen-bond acceptors (Lipinski definition) is 1. The van der Waals surface area contributed by atoms with E-state index in [1.807, 2.05) is 0 Å². The van der Waals surface area contributed by atoms with Gasteiger partial charge in [-0.3, -0.25) is 0 Å². The molecule has 0 saturated heterocycles. The predicted molar refractivity (Wildman–Crippen MR) is 75.4 cm³/mol. The number of hydrogen-bond donors (Lipinski definition) is 1. The molecular formula is C15H28N2. The van der Waals surface area contributed by atoms with Crippen LogP contribution in [-0.4, -0.2) is 10.1 Å². The lowest BCUT2D eigenvalue weighted by molar-refractivity contribution is 0.356. The maximum Gasteiger partial charge on any atom is 0.0228 e. The van der Waals surface area contributed by atoms with Crippen LogP contribution < -0.4 is 5.32 Å². The molecule has 1 aromatic heterocycles. The van der Waals surface area contributed by atoms with E-state index in [1.165, 1.54) is 29.8 Å². The molecule has 2 heteroatoms. The largest absolute Gasteiger partial charge is 0.349 e. The zero-order chi connectivity index (χ0) is 13.1. The second-order valence-corrected chi connectivity index (χ2v) is 5.63. The van der Waals surface area contributed by atoms with E-state index in [0.717, 1.165) is 13.1 Å². The first-order chi connectivity index (χ1) is 7.91. The van der Waals surface area contributed by atoms with Crippen LogP contribution in [0.1, 0.15) is 57.5 Å². The number of nitrogens with zero attached hydrogens (tertiary/aromatic N) is 1. The summed E-state index contributed by atoms with van der Waals surface area (Å²) >= 11 is 0. The average Bonchev–Trinajstić information content (AvgIpc) is 2.51. The SMILES string of the molecule is CCCC(C)(C)NCc1cc(C)n(CC)c1C. The van der Waals surface area contributed by atoms with E-state index in [0.29, 0.717) is 0 Å². The maximum absolute atomic E-state index is 3.67. The molecule has 1 heterocycles. The van der Waals surface area contributed by atoms with Crippen LogP contribution in [0, 0.1) is 13.8 Å². The molecule has 1 aromatic rings. The van der Waals surface area contributed by atoms with Crippen LogP contribution in [-0.2, 0) is 13.1 Å². The topological polar surface area (TPSA) is 17.0 Å². The summed E-state index contributed by atoms with van der Waals surface area (Å²) < 4.78 is 2.38. The second kappa shape index (κ2) is 5.72. The second-order valence-electron chi connectivity index (χ2n) is 5.63. The van der Waals surface area contributed by atoms with Crippen molar-refractivity contribution in [1.82, 2.24) is 9.88 Å². The van der Waals surface area contributed by atoms with Gasteiger partial charge in [-0.15, -0.1) is 0 Å². The van der Waals surface area contributed by atoms with Crippen LogP contribution in [0.3, 0.4) is 0 Å². The molecule has 0 aromatic carbocycles. The third kappa shape index (κ3) is 3.60. The van der Waals surface area contributed by atoms with Gasteiger partial charge in [0.15, 0.2) is 0 Å². The van der Waals surface area contributed by atoms with Crippen LogP contribution >= 0.6 is 0 Å². The molecule has 0 fully saturated rings. The fourth-order valence-electron chi connectivity index (χ4n) is 2.59. The van der Waals surface area contributed by atoms with Crippen molar-refractivity contribution in [2.24, 2.45) is 0 Å². The molecule has 0 amide bonds. The minimum absolute atomic E-state index is 0.239. The zero-order valence-electron chi connectivity index (χ0n) is 12.4. The Kier molecular flexibility index (Phi) is 4.81. The predicted octanol–water partition coefficient (Wildman–Crippen LogP) is 3.79. The Labute approximate surface area is 106 Å². The summed E-state index contributed by atoms with van der Waals surface area (Å²) in [4.78, 5) is 0. The van der Waals surface area contributed by atoms with Crippen LogP contribution in [0.5, 0.6) is 0 Å². The average molecular weight is 236 g/mol. The molecule has 0 aliphatic heterocycles. The normalized spacial score (nSPS) is 12.1. The van der Waals surface area contributed by atoms with E-state index >= 15 is 0 Å². The Hall–Kier alpha value is -0.760. The molecule has 0 bridgehead atoms. The first kappa shape index (κ1) is 14.3. The van der Waals surface area contributed by atoms with Crippen molar-refractivity contribution < 1.29 is 0 Å². The molecule has 0 aliphatic carbocycles. The van der Waals surface area contributed by atoms with Gasteiger partial charge in [-0.1, -0.05) is 13.3 Å². The molecule has 2 nitrogen and oxygen atoms in total. The zero-order valence-corrected chi connectivity index (χ0v) is 12.4. The highest BCUT2D eigenvalue weighted by Gasteiger charge is 2.16. The molecule has 0 aliphatic rings. The standard InChI is InChI=1S/C15H28N2/c1-7-9-15(5,6)16-11-14-10-12(3)17(8-2)13(14)4/h10,16H,7-9,11H2,1-6H3. The smallest absolute Gasteiger partial charge is 0.0228 e. The van der Waals surface area contributed by atoms with E-state index in [2.05, 4.69) is 57.5 Å². The number of nitrogens with one attached hydrogen (secondary N) is 1. The number of aromatic nitrogens is 1. The van der Waals surface area contributed by atoms with Crippen LogP contribution in [0.15, 0.2) is 6.07 Å². The van der Waals surface area contributed by atoms with Gasteiger partial charge in [0.05, 0.1) is 0 Å². The Morgan fingerprint density at radius 2 is 1.88 bits per heavy atom. The number of rotatable bonds is 6. The highest BCUT2D eigenvalue weighted by atomic mass is 15.0. The molecule has 0 radical (unpaired) electrons. The molecular weight excluding hydrogens is 208 g/mol. The van der Waals surface area contributed by atoms with Gasteiger partial charge in [0.1, 0.15) is 0 Å². The van der Waals surface area contributed by atoms with Crippen LogP contribution in [0.2, 0.25) is 0 Å². The third-order valence-electron chi connectivity index (χ3n) is 3.63. The highest BCUT2D eigenvalue weighted by Crippen LogP contribution is 2.17. The molecule has 98 valence electrons. The summed E-state index contributed by atoms with van der Waals surface area (Å²) in [6.45, 7) is 15.5. The van der Waals surface area contributed by atoms with Gasteiger partial charge in [-0.25, -0.2) is 0 Å². The van der Waals surface area contributed by atoms with Crippen molar-refractivity contribution in [2.45, 2.75) is 73.0 Å². The minimum Gasteiger partial charge on any atom is -0.349 e. The fourth-order valence-corrected chi connectivity index (χ4v) is 2.59. The lowest BCUT2D eigenvalue weighted by Crippen LogP contribution is -2.38. The first-order valence-corrected chi connectivity index (χ1v) is 6.82. The van der Waals surface area contributed by atoms with Gasteiger partial charge in [-0.2, -0.15) is 0 Å². The molecule has 0 unspecified atom stereocenters. The number of aryl methyl sites for hydroxylation is 1. The van der Waals surface area contributed by atoms with Gasteiger partial charge in [-0.05, 0) is 52.7 Å². The summed E-state index contributed by atoms with van der Waals surface area (Å²) in [6, 6.07) is 2.31. The van der Waals surface area contributed by atoms with Gasteiger partial charge in [0.2, 0.25) is 0 Å². The molecule has 0 atom stereocenters. The summed E-state index contributed by atoms with van der Waals surface area (Å²) in [7, 11) is 0. The van der Waals surface area contributed by atoms with Crippen molar-refractivity contribution in [1.29, 1.82) is 0 Å². The van der Waals surface area contributed by atoms with Gasteiger partial charge in [0.25, 0.3) is 0 Å². The Morgan fingerprint density at radius 3 is 2.35 bits per heavy atom. The fraction of sp³-hybridized carbons (Fsp3) is 0.733. The minimum atomic E-state index is 0.239. The van der Waals surface area contributed by atoms with Crippen LogP contribution in [0.4, 0.5) is 0 Å². The van der Waals surface area contributed by atoms with Crippen molar-refractivity contribution in [3.8, 4) is 0 Å². The lowest BCUT2D eigenvalue weighted by Gasteiger charge is -2.26. The molecule has 0 saturated carbocycles. The summed E-state index contributed by atoms with van der Waals surface area (Å²) in [5, 5.41) is 3.67. The Morgan fingerprint density at radius 1 is 1.24 bits per heavy atom. The van der Waals surface area contributed by atoms with Gasteiger partial charge in [0, 0.05) is 30.0 Å². The van der Waals surface area contributed by atoms with E-state index < -0.39 is 0 Å². The van der Waals surface area contributed by atoms with Gasteiger partial charge < -0.3 is 9.88 Å². The van der Waals surface area contributed by atoms with E-state index in [-0.39, 0.29) is 5.54 Å². The Bertz CT molecular complexity index is 361.